The van der Waals surface area contributed by atoms with Gasteiger partial charge in [0.1, 0.15) is 11.5 Å². The molecule has 0 spiro atoms. The molecule has 0 bridgehead atoms. The van der Waals surface area contributed by atoms with Gasteiger partial charge in [-0.3, -0.25) is 0 Å². The Morgan fingerprint density at radius 1 is 1.33 bits per heavy atom. The van der Waals surface area contributed by atoms with E-state index < -0.39 is 5.60 Å². The lowest BCUT2D eigenvalue weighted by Crippen LogP contribution is -2.47. The van der Waals surface area contributed by atoms with Gasteiger partial charge in [0.05, 0.1) is 19.8 Å². The molecule has 1 aromatic carbocycles. The minimum absolute atomic E-state index is 0.132. The number of rotatable bonds is 3. The van der Waals surface area contributed by atoms with E-state index >= 15 is 0 Å². The summed E-state index contributed by atoms with van der Waals surface area (Å²) in [6.07, 6.45) is 0.678. The molecule has 0 saturated carbocycles. The van der Waals surface area contributed by atoms with Crippen molar-refractivity contribution >= 4 is 0 Å². The van der Waals surface area contributed by atoms with Gasteiger partial charge in [0.2, 0.25) is 0 Å². The highest BCUT2D eigenvalue weighted by Crippen LogP contribution is 2.41. The van der Waals surface area contributed by atoms with Gasteiger partial charge < -0.3 is 19.9 Å². The van der Waals surface area contributed by atoms with E-state index in [1.165, 1.54) is 0 Å². The predicted octanol–water partition coefficient (Wildman–Crippen LogP) is 1.52. The molecule has 1 fully saturated rings. The van der Waals surface area contributed by atoms with Gasteiger partial charge in [-0.25, -0.2) is 0 Å². The summed E-state index contributed by atoms with van der Waals surface area (Å²) in [6, 6.07) is 5.57. The maximum Gasteiger partial charge on any atom is 0.125 e. The summed E-state index contributed by atoms with van der Waals surface area (Å²) < 4.78 is 10.6. The summed E-state index contributed by atoms with van der Waals surface area (Å²) in [4.78, 5) is 0. The molecule has 1 aliphatic heterocycles. The molecule has 0 amide bonds. The molecule has 2 atom stereocenters. The van der Waals surface area contributed by atoms with Gasteiger partial charge in [-0.2, -0.15) is 0 Å². The standard InChI is InChI=1S/C14H21NO3/c1-10-9-15-7-6-14(10,16)12-8-11(17-2)4-5-13(12)18-3/h4-5,8,10,15-16H,6-7,9H2,1-3H3. The highest BCUT2D eigenvalue weighted by Gasteiger charge is 2.40. The highest BCUT2D eigenvalue weighted by molar-refractivity contribution is 5.44. The molecule has 4 nitrogen and oxygen atoms in total. The predicted molar refractivity (Wildman–Crippen MR) is 70.1 cm³/mol. The molecular formula is C14H21NO3. The highest BCUT2D eigenvalue weighted by atomic mass is 16.5. The molecule has 2 unspecified atom stereocenters. The Morgan fingerprint density at radius 2 is 2.11 bits per heavy atom. The summed E-state index contributed by atoms with van der Waals surface area (Å²) in [5.41, 5.74) is -0.0381. The fourth-order valence-electron chi connectivity index (χ4n) is 2.57. The molecule has 2 N–H and O–H groups in total. The quantitative estimate of drug-likeness (QED) is 0.855. The van der Waals surface area contributed by atoms with Crippen LogP contribution in [0.3, 0.4) is 0 Å². The number of hydrogen-bond donors (Lipinski definition) is 2. The number of benzene rings is 1. The number of ether oxygens (including phenoxy) is 2. The van der Waals surface area contributed by atoms with Crippen molar-refractivity contribution < 1.29 is 14.6 Å². The van der Waals surface area contributed by atoms with Crippen molar-refractivity contribution in [2.75, 3.05) is 27.3 Å². The van der Waals surface area contributed by atoms with Crippen molar-refractivity contribution in [2.24, 2.45) is 5.92 Å². The van der Waals surface area contributed by atoms with Crippen LogP contribution in [0.25, 0.3) is 0 Å². The van der Waals surface area contributed by atoms with E-state index in [1.54, 1.807) is 14.2 Å². The third kappa shape index (κ3) is 2.18. The molecule has 0 radical (unpaired) electrons. The van der Waals surface area contributed by atoms with E-state index in [4.69, 9.17) is 9.47 Å². The number of methoxy groups -OCH3 is 2. The third-order valence-corrected chi connectivity index (χ3v) is 3.82. The smallest absolute Gasteiger partial charge is 0.125 e. The Hall–Kier alpha value is -1.26. The number of piperidine rings is 1. The Kier molecular flexibility index (Phi) is 3.78. The second-order valence-corrected chi connectivity index (χ2v) is 4.85. The topological polar surface area (TPSA) is 50.7 Å². The van der Waals surface area contributed by atoms with E-state index in [0.717, 1.165) is 24.4 Å². The molecule has 1 saturated heterocycles. The lowest BCUT2D eigenvalue weighted by molar-refractivity contribution is -0.0409. The van der Waals surface area contributed by atoms with Gasteiger partial charge in [-0.05, 0) is 31.2 Å². The zero-order chi connectivity index (χ0) is 13.2. The monoisotopic (exact) mass is 251 g/mol. The summed E-state index contributed by atoms with van der Waals surface area (Å²) in [7, 11) is 3.25. The van der Waals surface area contributed by atoms with Crippen LogP contribution in [0.2, 0.25) is 0 Å². The minimum Gasteiger partial charge on any atom is -0.497 e. The van der Waals surface area contributed by atoms with Crippen molar-refractivity contribution in [3.05, 3.63) is 23.8 Å². The van der Waals surface area contributed by atoms with Crippen LogP contribution in [-0.4, -0.2) is 32.4 Å². The zero-order valence-corrected chi connectivity index (χ0v) is 11.2. The second kappa shape index (κ2) is 5.16. The minimum atomic E-state index is -0.856. The van der Waals surface area contributed by atoms with E-state index in [9.17, 15) is 5.11 Å². The van der Waals surface area contributed by atoms with Crippen molar-refractivity contribution in [3.8, 4) is 11.5 Å². The van der Waals surface area contributed by atoms with Crippen LogP contribution in [0, 0.1) is 5.92 Å². The van der Waals surface area contributed by atoms with Crippen LogP contribution in [0.4, 0.5) is 0 Å². The van der Waals surface area contributed by atoms with Gasteiger partial charge in [0.25, 0.3) is 0 Å². The summed E-state index contributed by atoms with van der Waals surface area (Å²) in [5, 5.41) is 14.3. The van der Waals surface area contributed by atoms with Crippen LogP contribution in [0.1, 0.15) is 18.9 Å². The number of nitrogens with one attached hydrogen (secondary N) is 1. The molecule has 2 rings (SSSR count). The zero-order valence-electron chi connectivity index (χ0n) is 11.2. The Labute approximate surface area is 108 Å². The van der Waals surface area contributed by atoms with Gasteiger partial charge in [-0.15, -0.1) is 0 Å². The number of hydrogen-bond acceptors (Lipinski definition) is 4. The molecule has 0 aliphatic carbocycles. The van der Waals surface area contributed by atoms with E-state index in [0.29, 0.717) is 12.2 Å². The summed E-state index contributed by atoms with van der Waals surface area (Å²) in [5.74, 6) is 1.59. The van der Waals surface area contributed by atoms with Crippen molar-refractivity contribution in [1.29, 1.82) is 0 Å². The van der Waals surface area contributed by atoms with Crippen LogP contribution in [0.5, 0.6) is 11.5 Å². The van der Waals surface area contributed by atoms with Crippen LogP contribution in [-0.2, 0) is 5.60 Å². The van der Waals surface area contributed by atoms with Gasteiger partial charge in [-0.1, -0.05) is 6.92 Å². The maximum atomic E-state index is 11.0. The SMILES string of the molecule is COc1ccc(OC)c(C2(O)CCNCC2C)c1. The normalized spacial score (nSPS) is 27.9. The van der Waals surface area contributed by atoms with Crippen molar-refractivity contribution in [1.82, 2.24) is 5.32 Å². The molecular weight excluding hydrogens is 230 g/mol. The van der Waals surface area contributed by atoms with Crippen molar-refractivity contribution in [2.45, 2.75) is 18.9 Å². The van der Waals surface area contributed by atoms with E-state index in [-0.39, 0.29) is 5.92 Å². The molecule has 4 heteroatoms. The first-order chi connectivity index (χ1) is 8.61. The molecule has 0 aromatic heterocycles. The Morgan fingerprint density at radius 3 is 2.72 bits per heavy atom. The molecule has 1 aliphatic rings. The first kappa shape index (κ1) is 13.2. The molecule has 1 heterocycles. The lowest BCUT2D eigenvalue weighted by atomic mass is 9.77. The fraction of sp³-hybridized carbons (Fsp3) is 0.571. The molecule has 1 aromatic rings. The van der Waals surface area contributed by atoms with E-state index in [1.807, 2.05) is 25.1 Å². The van der Waals surface area contributed by atoms with Crippen molar-refractivity contribution in [3.63, 3.8) is 0 Å². The maximum absolute atomic E-state index is 11.0. The third-order valence-electron chi connectivity index (χ3n) is 3.82. The fourth-order valence-corrected chi connectivity index (χ4v) is 2.57. The Balaban J connectivity index is 2.46. The van der Waals surface area contributed by atoms with Gasteiger partial charge in [0, 0.05) is 18.0 Å². The average Bonchev–Trinajstić information content (AvgIpc) is 2.41. The number of aliphatic hydroxyl groups is 1. The molecule has 100 valence electrons. The lowest BCUT2D eigenvalue weighted by Gasteiger charge is -2.39. The first-order valence-corrected chi connectivity index (χ1v) is 6.27. The van der Waals surface area contributed by atoms with Crippen LogP contribution >= 0.6 is 0 Å². The van der Waals surface area contributed by atoms with E-state index in [2.05, 4.69) is 5.32 Å². The average molecular weight is 251 g/mol. The largest absolute Gasteiger partial charge is 0.497 e. The summed E-state index contributed by atoms with van der Waals surface area (Å²) in [6.45, 7) is 3.66. The summed E-state index contributed by atoms with van der Waals surface area (Å²) >= 11 is 0. The Bertz CT molecular complexity index is 422. The van der Waals surface area contributed by atoms with Gasteiger partial charge >= 0.3 is 0 Å². The van der Waals surface area contributed by atoms with Gasteiger partial charge in [0.15, 0.2) is 0 Å². The van der Waals surface area contributed by atoms with Crippen LogP contribution in [0.15, 0.2) is 18.2 Å². The van der Waals surface area contributed by atoms with Crippen LogP contribution < -0.4 is 14.8 Å². The molecule has 18 heavy (non-hydrogen) atoms. The first-order valence-electron chi connectivity index (χ1n) is 6.27. The second-order valence-electron chi connectivity index (χ2n) is 4.85.